The van der Waals surface area contributed by atoms with Crippen molar-refractivity contribution in [2.75, 3.05) is 6.61 Å². The van der Waals surface area contributed by atoms with Crippen molar-refractivity contribution in [1.29, 1.82) is 0 Å². The van der Waals surface area contributed by atoms with E-state index in [4.69, 9.17) is 14.2 Å². The second-order valence-electron chi connectivity index (χ2n) is 7.92. The second-order valence-corrected chi connectivity index (χ2v) is 7.92. The van der Waals surface area contributed by atoms with Crippen LogP contribution in [0, 0.1) is 29.6 Å². The molecule has 1 saturated carbocycles. The van der Waals surface area contributed by atoms with E-state index >= 15 is 0 Å². The summed E-state index contributed by atoms with van der Waals surface area (Å²) in [6, 6.07) is 0. The summed E-state index contributed by atoms with van der Waals surface area (Å²) in [5, 5.41) is 0. The van der Waals surface area contributed by atoms with Crippen LogP contribution >= 0.6 is 0 Å². The fourth-order valence-electron chi connectivity index (χ4n) is 4.79. The smallest absolute Gasteiger partial charge is 0.341 e. The molecule has 5 heteroatoms. The van der Waals surface area contributed by atoms with Crippen LogP contribution in [-0.2, 0) is 23.8 Å². The second kappa shape index (κ2) is 6.08. The van der Waals surface area contributed by atoms with Crippen LogP contribution in [0.3, 0.4) is 0 Å². The Morgan fingerprint density at radius 3 is 2.62 bits per heavy atom. The van der Waals surface area contributed by atoms with Gasteiger partial charge in [-0.1, -0.05) is 20.3 Å². The number of allylic oxidation sites excluding steroid dienone is 1. The van der Waals surface area contributed by atoms with Gasteiger partial charge in [0.05, 0.1) is 18.1 Å². The number of carbonyl (C=O) groups excluding carboxylic acids is 2. The summed E-state index contributed by atoms with van der Waals surface area (Å²) in [6.07, 6.45) is 2.98. The van der Waals surface area contributed by atoms with Gasteiger partial charge >= 0.3 is 11.9 Å². The van der Waals surface area contributed by atoms with Crippen LogP contribution in [0.5, 0.6) is 0 Å². The van der Waals surface area contributed by atoms with E-state index in [9.17, 15) is 9.59 Å². The summed E-state index contributed by atoms with van der Waals surface area (Å²) in [5.74, 6) is -0.733. The molecule has 1 heterocycles. The Morgan fingerprint density at radius 1 is 1.29 bits per heavy atom. The first-order valence-electron chi connectivity index (χ1n) is 9.10. The van der Waals surface area contributed by atoms with Gasteiger partial charge in [-0.05, 0) is 31.6 Å². The molecule has 0 unspecified atom stereocenters. The maximum atomic E-state index is 12.8. The largest absolute Gasteiger partial charge is 0.466 e. The lowest BCUT2D eigenvalue weighted by Crippen LogP contribution is -2.49. The van der Waals surface area contributed by atoms with Crippen molar-refractivity contribution in [2.24, 2.45) is 29.6 Å². The molecule has 0 spiro atoms. The summed E-state index contributed by atoms with van der Waals surface area (Å²) in [4.78, 5) is 25.5. The normalized spacial score (nSPS) is 34.3. The molecular weight excluding hydrogens is 308 g/mol. The van der Waals surface area contributed by atoms with Crippen LogP contribution in [0.15, 0.2) is 11.3 Å². The summed E-state index contributed by atoms with van der Waals surface area (Å²) in [6.45, 7) is 9.80. The summed E-state index contributed by atoms with van der Waals surface area (Å²) in [5.41, 5.74) is 0.575. The number of ether oxygens (including phenoxy) is 3. The third kappa shape index (κ3) is 2.72. The Balaban J connectivity index is 2.11. The lowest BCUT2D eigenvalue weighted by molar-refractivity contribution is -0.217. The van der Waals surface area contributed by atoms with E-state index in [0.717, 1.165) is 25.0 Å². The van der Waals surface area contributed by atoms with Crippen molar-refractivity contribution in [1.82, 2.24) is 0 Å². The molecule has 3 aliphatic rings. The summed E-state index contributed by atoms with van der Waals surface area (Å²) < 4.78 is 17.0. The van der Waals surface area contributed by atoms with Crippen LogP contribution in [0.25, 0.3) is 0 Å². The average molecular weight is 336 g/mol. The molecule has 24 heavy (non-hydrogen) atoms. The van der Waals surface area contributed by atoms with Gasteiger partial charge in [0.1, 0.15) is 5.76 Å². The topological polar surface area (TPSA) is 61.8 Å². The zero-order valence-corrected chi connectivity index (χ0v) is 15.3. The minimum atomic E-state index is -0.943. The SMILES string of the molecule is CCOC(=O)[C@H]1[C@@H]2CCC[C@H]2C2=C(C(=O)OC(C)(C)O2)[C@H]1C(C)C. The molecule has 0 saturated heterocycles. The molecule has 5 nitrogen and oxygen atoms in total. The quantitative estimate of drug-likeness (QED) is 0.739. The van der Waals surface area contributed by atoms with Gasteiger partial charge in [-0.25, -0.2) is 4.79 Å². The predicted molar refractivity (Wildman–Crippen MR) is 87.6 cm³/mol. The standard InChI is InChI=1S/C19H28O5/c1-6-22-17(20)14-11-8-7-9-12(11)16-15(13(14)10(2)3)18(21)24-19(4,5)23-16/h10-14H,6-9H2,1-5H3/t11-,12-,13+,14+/m1/s1. The minimum Gasteiger partial charge on any atom is -0.466 e. The van der Waals surface area contributed by atoms with Gasteiger partial charge in [0, 0.05) is 25.7 Å². The minimum absolute atomic E-state index is 0.122. The number of rotatable bonds is 3. The Kier molecular flexibility index (Phi) is 4.39. The molecular formula is C19H28O5. The Morgan fingerprint density at radius 2 is 2.00 bits per heavy atom. The van der Waals surface area contributed by atoms with Gasteiger partial charge in [-0.15, -0.1) is 0 Å². The van der Waals surface area contributed by atoms with Gasteiger partial charge in [0.2, 0.25) is 5.79 Å². The van der Waals surface area contributed by atoms with Crippen LogP contribution in [0.4, 0.5) is 0 Å². The highest BCUT2D eigenvalue weighted by Crippen LogP contribution is 2.55. The maximum absolute atomic E-state index is 12.8. The molecule has 1 aliphatic heterocycles. The highest BCUT2D eigenvalue weighted by molar-refractivity contribution is 5.92. The first-order chi connectivity index (χ1) is 11.3. The van der Waals surface area contributed by atoms with E-state index in [1.807, 2.05) is 20.8 Å². The van der Waals surface area contributed by atoms with Gasteiger partial charge in [0.15, 0.2) is 0 Å². The molecule has 3 rings (SSSR count). The van der Waals surface area contributed by atoms with E-state index in [2.05, 4.69) is 0 Å². The highest BCUT2D eigenvalue weighted by atomic mass is 16.7. The monoisotopic (exact) mass is 336 g/mol. The molecule has 134 valence electrons. The van der Waals surface area contributed by atoms with Crippen molar-refractivity contribution in [3.63, 3.8) is 0 Å². The first kappa shape index (κ1) is 17.3. The van der Waals surface area contributed by atoms with Gasteiger partial charge in [-0.3, -0.25) is 4.79 Å². The number of esters is 2. The highest BCUT2D eigenvalue weighted by Gasteiger charge is 2.56. The van der Waals surface area contributed by atoms with Crippen LogP contribution in [0.1, 0.15) is 53.9 Å². The molecule has 4 atom stereocenters. The van der Waals surface area contributed by atoms with Gasteiger partial charge in [0.25, 0.3) is 0 Å². The van der Waals surface area contributed by atoms with E-state index in [1.54, 1.807) is 13.8 Å². The molecule has 0 radical (unpaired) electrons. The Hall–Kier alpha value is -1.52. The maximum Gasteiger partial charge on any atom is 0.341 e. The summed E-state index contributed by atoms with van der Waals surface area (Å²) in [7, 11) is 0. The molecule has 0 aromatic rings. The molecule has 1 fully saturated rings. The molecule has 0 aromatic carbocycles. The Labute approximate surface area is 143 Å². The van der Waals surface area contributed by atoms with E-state index < -0.39 is 5.79 Å². The fraction of sp³-hybridized carbons (Fsp3) is 0.789. The van der Waals surface area contributed by atoms with Crippen molar-refractivity contribution < 1.29 is 23.8 Å². The lowest BCUT2D eigenvalue weighted by Gasteiger charge is -2.46. The van der Waals surface area contributed by atoms with Crippen LogP contribution in [0.2, 0.25) is 0 Å². The fourth-order valence-corrected chi connectivity index (χ4v) is 4.79. The third-order valence-electron chi connectivity index (χ3n) is 5.54. The van der Waals surface area contributed by atoms with E-state index in [0.29, 0.717) is 12.2 Å². The number of cyclic esters (lactones) is 1. The van der Waals surface area contributed by atoms with Crippen molar-refractivity contribution >= 4 is 11.9 Å². The number of carbonyl (C=O) groups is 2. The molecule has 0 bridgehead atoms. The molecule has 0 N–H and O–H groups in total. The predicted octanol–water partition coefficient (Wildman–Crippen LogP) is 3.43. The van der Waals surface area contributed by atoms with E-state index in [1.165, 1.54) is 0 Å². The Bertz CT molecular complexity index is 574. The number of hydrogen-bond donors (Lipinski definition) is 0. The average Bonchev–Trinajstić information content (AvgIpc) is 2.94. The lowest BCUT2D eigenvalue weighted by atomic mass is 9.63. The number of hydrogen-bond acceptors (Lipinski definition) is 5. The zero-order valence-electron chi connectivity index (χ0n) is 15.3. The summed E-state index contributed by atoms with van der Waals surface area (Å²) >= 11 is 0. The zero-order chi connectivity index (χ0) is 17.6. The van der Waals surface area contributed by atoms with Crippen molar-refractivity contribution in [3.05, 3.63) is 11.3 Å². The van der Waals surface area contributed by atoms with Crippen molar-refractivity contribution in [3.8, 4) is 0 Å². The van der Waals surface area contributed by atoms with Crippen molar-refractivity contribution in [2.45, 2.75) is 59.7 Å². The van der Waals surface area contributed by atoms with E-state index in [-0.39, 0.29) is 41.5 Å². The third-order valence-corrected chi connectivity index (χ3v) is 5.54. The molecule has 0 amide bonds. The first-order valence-corrected chi connectivity index (χ1v) is 9.10. The molecule has 0 aromatic heterocycles. The molecule has 2 aliphatic carbocycles. The van der Waals surface area contributed by atoms with Crippen LogP contribution in [-0.4, -0.2) is 24.3 Å². The van der Waals surface area contributed by atoms with Crippen LogP contribution < -0.4 is 0 Å². The van der Waals surface area contributed by atoms with Gasteiger partial charge in [-0.2, -0.15) is 0 Å². The van der Waals surface area contributed by atoms with Gasteiger partial charge < -0.3 is 14.2 Å². The number of fused-ring (bicyclic) bond motifs is 2.